The third-order valence-electron chi connectivity index (χ3n) is 2.91. The lowest BCUT2D eigenvalue weighted by atomic mass is 9.98. The first kappa shape index (κ1) is 12.8. The van der Waals surface area contributed by atoms with Gasteiger partial charge in [0.05, 0.1) is 12.6 Å². The maximum atomic E-state index is 6.05. The van der Waals surface area contributed by atoms with Crippen molar-refractivity contribution in [2.24, 2.45) is 5.73 Å². The third kappa shape index (κ3) is 2.79. The van der Waals surface area contributed by atoms with Gasteiger partial charge in [0.1, 0.15) is 5.75 Å². The van der Waals surface area contributed by atoms with Crippen molar-refractivity contribution in [2.45, 2.75) is 32.7 Å². The number of hydrogen-bond donors (Lipinski definition) is 1. The second-order valence-electron chi connectivity index (χ2n) is 5.48. The molecule has 0 unspecified atom stereocenters. The molecule has 0 atom stereocenters. The van der Waals surface area contributed by atoms with Crippen LogP contribution >= 0.6 is 0 Å². The number of nitrogens with two attached hydrogens (primary N) is 1. The van der Waals surface area contributed by atoms with E-state index < -0.39 is 0 Å². The summed E-state index contributed by atoms with van der Waals surface area (Å²) in [5.74, 6) is 0.860. The van der Waals surface area contributed by atoms with Crippen LogP contribution in [-0.2, 0) is 6.42 Å². The Labute approximate surface area is 108 Å². The molecule has 96 valence electrons. The minimum absolute atomic E-state index is 0.237. The summed E-state index contributed by atoms with van der Waals surface area (Å²) in [6.07, 6.45) is 0.774. The molecule has 1 heterocycles. The van der Waals surface area contributed by atoms with Gasteiger partial charge in [0, 0.05) is 23.0 Å². The molecule has 0 fully saturated rings. The molecule has 2 rings (SSSR count). The van der Waals surface area contributed by atoms with Gasteiger partial charge in [0.25, 0.3) is 0 Å². The van der Waals surface area contributed by atoms with Gasteiger partial charge in [-0.1, -0.05) is 0 Å². The van der Waals surface area contributed by atoms with E-state index in [0.29, 0.717) is 0 Å². The summed E-state index contributed by atoms with van der Waals surface area (Å²) in [6, 6.07) is 8.06. The number of methoxy groups -OCH3 is 1. The zero-order chi connectivity index (χ0) is 13.3. The molecule has 0 spiro atoms. The normalized spacial score (nSPS) is 11.8. The van der Waals surface area contributed by atoms with Gasteiger partial charge in [-0.05, 0) is 50.6 Å². The highest BCUT2D eigenvalue weighted by Crippen LogP contribution is 2.24. The average Bonchev–Trinajstić information content (AvgIpc) is 2.26. The predicted molar refractivity (Wildman–Crippen MR) is 75.0 cm³/mol. The van der Waals surface area contributed by atoms with Crippen molar-refractivity contribution < 1.29 is 4.74 Å². The Morgan fingerprint density at radius 2 is 2.00 bits per heavy atom. The molecule has 3 heteroatoms. The summed E-state index contributed by atoms with van der Waals surface area (Å²) < 4.78 is 5.24. The van der Waals surface area contributed by atoms with Gasteiger partial charge < -0.3 is 10.5 Å². The smallest absolute Gasteiger partial charge is 0.119 e. The minimum Gasteiger partial charge on any atom is -0.497 e. The average molecular weight is 244 g/mol. The molecule has 0 radical (unpaired) electrons. The van der Waals surface area contributed by atoms with Crippen LogP contribution in [0.5, 0.6) is 5.75 Å². The van der Waals surface area contributed by atoms with Crippen molar-refractivity contribution in [1.82, 2.24) is 4.98 Å². The zero-order valence-electron chi connectivity index (χ0n) is 11.4. The fourth-order valence-corrected chi connectivity index (χ4v) is 2.13. The van der Waals surface area contributed by atoms with E-state index in [0.717, 1.165) is 28.8 Å². The summed E-state index contributed by atoms with van der Waals surface area (Å²) in [6.45, 7) is 6.13. The van der Waals surface area contributed by atoms with Gasteiger partial charge in [-0.25, -0.2) is 0 Å². The maximum Gasteiger partial charge on any atom is 0.119 e. The Balaban J connectivity index is 2.50. The Hall–Kier alpha value is -1.61. The van der Waals surface area contributed by atoms with Crippen molar-refractivity contribution in [2.75, 3.05) is 7.11 Å². The van der Waals surface area contributed by atoms with E-state index in [1.54, 1.807) is 7.11 Å². The van der Waals surface area contributed by atoms with Crippen LogP contribution in [0.2, 0.25) is 0 Å². The fourth-order valence-electron chi connectivity index (χ4n) is 2.13. The van der Waals surface area contributed by atoms with Crippen LogP contribution in [0, 0.1) is 6.92 Å². The van der Waals surface area contributed by atoms with Crippen LogP contribution in [0.3, 0.4) is 0 Å². The number of rotatable bonds is 3. The van der Waals surface area contributed by atoms with E-state index in [1.807, 2.05) is 32.0 Å². The molecule has 0 aliphatic rings. The van der Waals surface area contributed by atoms with Crippen molar-refractivity contribution in [1.29, 1.82) is 0 Å². The van der Waals surface area contributed by atoms with Crippen LogP contribution in [0.25, 0.3) is 10.9 Å². The van der Waals surface area contributed by atoms with Gasteiger partial charge in [-0.3, -0.25) is 4.98 Å². The Morgan fingerprint density at radius 3 is 2.61 bits per heavy atom. The molecule has 2 aromatic rings. The zero-order valence-corrected chi connectivity index (χ0v) is 11.4. The molecule has 3 nitrogen and oxygen atoms in total. The van der Waals surface area contributed by atoms with Crippen LogP contribution < -0.4 is 10.5 Å². The largest absolute Gasteiger partial charge is 0.497 e. The highest BCUT2D eigenvalue weighted by atomic mass is 16.5. The van der Waals surface area contributed by atoms with Gasteiger partial charge in [-0.2, -0.15) is 0 Å². The predicted octanol–water partition coefficient (Wildman–Crippen LogP) is 2.83. The van der Waals surface area contributed by atoms with Crippen molar-refractivity contribution in [3.05, 3.63) is 35.5 Å². The molecule has 0 aliphatic carbocycles. The van der Waals surface area contributed by atoms with Gasteiger partial charge in [-0.15, -0.1) is 0 Å². The van der Waals surface area contributed by atoms with Crippen molar-refractivity contribution >= 4 is 10.9 Å². The number of benzene rings is 1. The van der Waals surface area contributed by atoms with E-state index in [1.165, 1.54) is 5.56 Å². The maximum absolute atomic E-state index is 6.05. The molecule has 0 bridgehead atoms. The Morgan fingerprint density at radius 1 is 1.28 bits per heavy atom. The summed E-state index contributed by atoms with van der Waals surface area (Å²) in [5.41, 5.74) is 9.05. The number of aryl methyl sites for hydroxylation is 1. The summed E-state index contributed by atoms with van der Waals surface area (Å²) in [7, 11) is 1.68. The van der Waals surface area contributed by atoms with Crippen molar-refractivity contribution in [3.8, 4) is 5.75 Å². The summed E-state index contributed by atoms with van der Waals surface area (Å²) >= 11 is 0. The monoisotopic (exact) mass is 244 g/mol. The number of pyridine rings is 1. The molecule has 0 aliphatic heterocycles. The number of aromatic nitrogens is 1. The SMILES string of the molecule is COc1ccc2nc(CC(C)(C)N)cc(C)c2c1. The standard InChI is InChI=1S/C15H20N2O/c1-10-7-11(9-15(2,3)16)17-14-6-5-12(18-4)8-13(10)14/h5-8H,9,16H2,1-4H3. The van der Waals surface area contributed by atoms with E-state index in [2.05, 4.69) is 18.0 Å². The van der Waals surface area contributed by atoms with Gasteiger partial charge >= 0.3 is 0 Å². The van der Waals surface area contributed by atoms with E-state index in [4.69, 9.17) is 10.5 Å². The van der Waals surface area contributed by atoms with Crippen LogP contribution in [0.4, 0.5) is 0 Å². The van der Waals surface area contributed by atoms with Crippen LogP contribution in [0.1, 0.15) is 25.1 Å². The van der Waals surface area contributed by atoms with Crippen molar-refractivity contribution in [3.63, 3.8) is 0 Å². The van der Waals surface area contributed by atoms with Gasteiger partial charge in [0.15, 0.2) is 0 Å². The molecular formula is C15H20N2O. The first-order valence-electron chi connectivity index (χ1n) is 6.12. The van der Waals surface area contributed by atoms with Crippen LogP contribution in [0.15, 0.2) is 24.3 Å². The molecule has 0 saturated carbocycles. The lowest BCUT2D eigenvalue weighted by molar-refractivity contribution is 0.415. The number of hydrogen-bond acceptors (Lipinski definition) is 3. The Bertz CT molecular complexity index is 570. The topological polar surface area (TPSA) is 48.1 Å². The van der Waals surface area contributed by atoms with E-state index in [9.17, 15) is 0 Å². The minimum atomic E-state index is -0.237. The highest BCUT2D eigenvalue weighted by Gasteiger charge is 2.14. The van der Waals surface area contributed by atoms with E-state index in [-0.39, 0.29) is 5.54 Å². The molecule has 0 saturated heterocycles. The number of nitrogens with zero attached hydrogens (tertiary/aromatic N) is 1. The molecule has 1 aromatic carbocycles. The highest BCUT2D eigenvalue weighted by molar-refractivity contribution is 5.83. The summed E-state index contributed by atoms with van der Waals surface area (Å²) in [4.78, 5) is 4.66. The number of fused-ring (bicyclic) bond motifs is 1. The van der Waals surface area contributed by atoms with E-state index >= 15 is 0 Å². The Kier molecular flexibility index (Phi) is 3.26. The number of ether oxygens (including phenoxy) is 1. The second-order valence-corrected chi connectivity index (χ2v) is 5.48. The first-order chi connectivity index (χ1) is 8.39. The molecule has 1 aromatic heterocycles. The van der Waals surface area contributed by atoms with Gasteiger partial charge in [0.2, 0.25) is 0 Å². The van der Waals surface area contributed by atoms with Crippen LogP contribution in [-0.4, -0.2) is 17.6 Å². The molecule has 2 N–H and O–H groups in total. The molecule has 0 amide bonds. The lowest BCUT2D eigenvalue weighted by Crippen LogP contribution is -2.34. The molecule has 18 heavy (non-hydrogen) atoms. The fraction of sp³-hybridized carbons (Fsp3) is 0.400. The third-order valence-corrected chi connectivity index (χ3v) is 2.91. The summed E-state index contributed by atoms with van der Waals surface area (Å²) in [5, 5.41) is 1.13. The molecular weight excluding hydrogens is 224 g/mol. The second kappa shape index (κ2) is 4.58. The lowest BCUT2D eigenvalue weighted by Gasteiger charge is -2.18. The first-order valence-corrected chi connectivity index (χ1v) is 6.12. The quantitative estimate of drug-likeness (QED) is 0.903.